The lowest BCUT2D eigenvalue weighted by molar-refractivity contribution is 0.0974. The van der Waals surface area contributed by atoms with E-state index in [-0.39, 0.29) is 0 Å². The van der Waals surface area contributed by atoms with E-state index in [0.717, 1.165) is 25.3 Å². The van der Waals surface area contributed by atoms with Crippen LogP contribution in [-0.2, 0) is 0 Å². The van der Waals surface area contributed by atoms with Crippen LogP contribution >= 0.6 is 0 Å². The van der Waals surface area contributed by atoms with Crippen LogP contribution in [-0.4, -0.2) is 47.9 Å². The molecule has 0 radical (unpaired) electrons. The number of hydrogen-bond donors (Lipinski definition) is 1. The van der Waals surface area contributed by atoms with Gasteiger partial charge in [0.1, 0.15) is 0 Å². The summed E-state index contributed by atoms with van der Waals surface area (Å²) in [6, 6.07) is 1.13. The number of piperazine rings is 1. The monoisotopic (exact) mass is 183 g/mol. The van der Waals surface area contributed by atoms with Crippen molar-refractivity contribution in [1.29, 1.82) is 5.41 Å². The molecule has 3 heteroatoms. The Hall–Kier alpha value is -0.570. The molecule has 0 aromatic rings. The Balaban J connectivity index is 2.58. The minimum Gasteiger partial charge on any atom is -0.357 e. The standard InChI is InChI=1S/C10H21N3/c1-5-10(11)13-6-8(2)12(4)9(3)7-13/h8-9,11H,5-7H2,1-4H3. The quantitative estimate of drug-likeness (QED) is 0.492. The molecule has 1 heterocycles. The van der Waals surface area contributed by atoms with Crippen LogP contribution in [0, 0.1) is 5.41 Å². The number of rotatable bonds is 1. The maximum atomic E-state index is 7.79. The molecular weight excluding hydrogens is 162 g/mol. The van der Waals surface area contributed by atoms with Gasteiger partial charge in [-0.1, -0.05) is 6.92 Å². The van der Waals surface area contributed by atoms with Gasteiger partial charge in [-0.15, -0.1) is 0 Å². The molecule has 1 saturated heterocycles. The summed E-state index contributed by atoms with van der Waals surface area (Å²) in [6.07, 6.45) is 0.850. The largest absolute Gasteiger partial charge is 0.357 e. The van der Waals surface area contributed by atoms with Crippen LogP contribution in [0.1, 0.15) is 27.2 Å². The van der Waals surface area contributed by atoms with E-state index in [1.165, 1.54) is 0 Å². The van der Waals surface area contributed by atoms with E-state index < -0.39 is 0 Å². The molecule has 2 atom stereocenters. The van der Waals surface area contributed by atoms with E-state index in [2.05, 4.69) is 37.6 Å². The summed E-state index contributed by atoms with van der Waals surface area (Å²) in [5, 5.41) is 7.79. The van der Waals surface area contributed by atoms with Crippen LogP contribution in [0.4, 0.5) is 0 Å². The minimum atomic E-state index is 0.565. The molecule has 0 aromatic carbocycles. The van der Waals surface area contributed by atoms with Gasteiger partial charge < -0.3 is 4.90 Å². The van der Waals surface area contributed by atoms with E-state index in [4.69, 9.17) is 5.41 Å². The highest BCUT2D eigenvalue weighted by atomic mass is 15.3. The van der Waals surface area contributed by atoms with Gasteiger partial charge in [0.2, 0.25) is 0 Å². The van der Waals surface area contributed by atoms with Crippen molar-refractivity contribution >= 4 is 5.84 Å². The molecule has 0 aromatic heterocycles. The third-order valence-electron chi connectivity index (χ3n) is 3.08. The van der Waals surface area contributed by atoms with Crippen LogP contribution in [0.5, 0.6) is 0 Å². The fourth-order valence-corrected chi connectivity index (χ4v) is 1.85. The second-order valence-corrected chi connectivity index (χ2v) is 4.07. The number of nitrogens with one attached hydrogen (secondary N) is 1. The Morgan fingerprint density at radius 3 is 2.15 bits per heavy atom. The van der Waals surface area contributed by atoms with Gasteiger partial charge in [0.25, 0.3) is 0 Å². The van der Waals surface area contributed by atoms with Crippen molar-refractivity contribution < 1.29 is 0 Å². The smallest absolute Gasteiger partial charge is 0.0955 e. The highest BCUT2D eigenvalue weighted by Gasteiger charge is 2.26. The predicted molar refractivity (Wildman–Crippen MR) is 56.3 cm³/mol. The first-order chi connectivity index (χ1) is 6.06. The van der Waals surface area contributed by atoms with Crippen LogP contribution < -0.4 is 0 Å². The highest BCUT2D eigenvalue weighted by molar-refractivity contribution is 5.78. The molecule has 1 fully saturated rings. The van der Waals surface area contributed by atoms with Crippen molar-refractivity contribution in [2.24, 2.45) is 0 Å². The molecule has 3 nitrogen and oxygen atoms in total. The molecule has 2 unspecified atom stereocenters. The summed E-state index contributed by atoms with van der Waals surface area (Å²) in [4.78, 5) is 4.59. The van der Waals surface area contributed by atoms with E-state index in [0.29, 0.717) is 12.1 Å². The SMILES string of the molecule is CCC(=N)N1CC(C)N(C)C(C)C1. The Labute approximate surface area is 81.2 Å². The van der Waals surface area contributed by atoms with Gasteiger partial charge in [-0.3, -0.25) is 10.3 Å². The average Bonchev–Trinajstić information content (AvgIpc) is 2.12. The Morgan fingerprint density at radius 1 is 1.31 bits per heavy atom. The second-order valence-electron chi connectivity index (χ2n) is 4.07. The summed E-state index contributed by atoms with van der Waals surface area (Å²) in [5.74, 6) is 0.784. The van der Waals surface area contributed by atoms with Gasteiger partial charge >= 0.3 is 0 Å². The molecule has 13 heavy (non-hydrogen) atoms. The molecule has 1 N–H and O–H groups in total. The van der Waals surface area contributed by atoms with Gasteiger partial charge in [0.05, 0.1) is 5.84 Å². The zero-order chi connectivity index (χ0) is 10.0. The fraction of sp³-hybridized carbons (Fsp3) is 0.900. The fourth-order valence-electron chi connectivity index (χ4n) is 1.85. The molecule has 1 aliphatic rings. The lowest BCUT2D eigenvalue weighted by Gasteiger charge is -2.43. The molecule has 1 rings (SSSR count). The molecule has 0 bridgehead atoms. The van der Waals surface area contributed by atoms with Crippen molar-refractivity contribution in [1.82, 2.24) is 9.80 Å². The maximum Gasteiger partial charge on any atom is 0.0955 e. The first kappa shape index (κ1) is 10.5. The lowest BCUT2D eigenvalue weighted by Crippen LogP contribution is -2.56. The van der Waals surface area contributed by atoms with Crippen molar-refractivity contribution in [2.45, 2.75) is 39.3 Å². The number of nitrogens with zero attached hydrogens (tertiary/aromatic N) is 2. The van der Waals surface area contributed by atoms with Crippen molar-refractivity contribution in [3.05, 3.63) is 0 Å². The zero-order valence-electron chi connectivity index (χ0n) is 9.17. The van der Waals surface area contributed by atoms with E-state index in [1.54, 1.807) is 0 Å². The maximum absolute atomic E-state index is 7.79. The molecule has 0 spiro atoms. The van der Waals surface area contributed by atoms with Gasteiger partial charge in [0, 0.05) is 31.6 Å². The third kappa shape index (κ3) is 2.21. The highest BCUT2D eigenvalue weighted by Crippen LogP contribution is 2.13. The molecule has 76 valence electrons. The number of hydrogen-bond acceptors (Lipinski definition) is 2. The van der Waals surface area contributed by atoms with E-state index >= 15 is 0 Å². The molecule has 0 amide bonds. The van der Waals surface area contributed by atoms with Crippen LogP contribution in [0.15, 0.2) is 0 Å². The molecule has 1 aliphatic heterocycles. The van der Waals surface area contributed by atoms with Crippen LogP contribution in [0.3, 0.4) is 0 Å². The zero-order valence-corrected chi connectivity index (χ0v) is 9.17. The van der Waals surface area contributed by atoms with Crippen molar-refractivity contribution in [3.63, 3.8) is 0 Å². The molecule has 0 aliphatic carbocycles. The minimum absolute atomic E-state index is 0.565. The van der Waals surface area contributed by atoms with E-state index in [1.807, 2.05) is 0 Å². The van der Waals surface area contributed by atoms with Gasteiger partial charge in [-0.25, -0.2) is 0 Å². The Bertz CT molecular complexity index is 179. The van der Waals surface area contributed by atoms with Crippen molar-refractivity contribution in [3.8, 4) is 0 Å². The molecule has 0 saturated carbocycles. The van der Waals surface area contributed by atoms with Gasteiger partial charge in [-0.2, -0.15) is 0 Å². The Morgan fingerprint density at radius 2 is 1.77 bits per heavy atom. The number of likely N-dealkylation sites (N-methyl/N-ethyl adjacent to an activating group) is 1. The molecular formula is C10H21N3. The van der Waals surface area contributed by atoms with Gasteiger partial charge in [-0.05, 0) is 20.9 Å². The van der Waals surface area contributed by atoms with Crippen molar-refractivity contribution in [2.75, 3.05) is 20.1 Å². The summed E-state index contributed by atoms with van der Waals surface area (Å²) in [5.41, 5.74) is 0. The third-order valence-corrected chi connectivity index (χ3v) is 3.08. The summed E-state index contributed by atoms with van der Waals surface area (Å²) >= 11 is 0. The second kappa shape index (κ2) is 4.09. The Kier molecular flexibility index (Phi) is 3.31. The average molecular weight is 183 g/mol. The normalized spacial score (nSPS) is 30.6. The number of amidine groups is 1. The lowest BCUT2D eigenvalue weighted by atomic mass is 10.1. The first-order valence-electron chi connectivity index (χ1n) is 5.10. The topological polar surface area (TPSA) is 30.3 Å². The summed E-state index contributed by atoms with van der Waals surface area (Å²) < 4.78 is 0. The van der Waals surface area contributed by atoms with E-state index in [9.17, 15) is 0 Å². The predicted octanol–water partition coefficient (Wildman–Crippen LogP) is 1.40. The van der Waals surface area contributed by atoms with Crippen LogP contribution in [0.25, 0.3) is 0 Å². The summed E-state index contributed by atoms with van der Waals surface area (Å²) in [7, 11) is 2.17. The van der Waals surface area contributed by atoms with Crippen LogP contribution in [0.2, 0.25) is 0 Å². The van der Waals surface area contributed by atoms with Gasteiger partial charge in [0.15, 0.2) is 0 Å². The first-order valence-corrected chi connectivity index (χ1v) is 5.10. The summed E-state index contributed by atoms with van der Waals surface area (Å²) in [6.45, 7) is 8.52.